The molecule has 0 unspecified atom stereocenters. The van der Waals surface area contributed by atoms with Crippen molar-refractivity contribution in [3.8, 4) is 0 Å². The molecule has 1 heterocycles. The minimum absolute atomic E-state index is 0.320. The Bertz CT molecular complexity index is 368. The van der Waals surface area contributed by atoms with E-state index in [0.29, 0.717) is 8.69 Å². The van der Waals surface area contributed by atoms with Crippen molar-refractivity contribution < 1.29 is 21.6 Å². The topological polar surface area (TPSA) is 64.0 Å². The lowest BCUT2D eigenvalue weighted by atomic mass is 11.0. The van der Waals surface area contributed by atoms with Crippen LogP contribution in [0.2, 0.25) is 0 Å². The molecule has 0 bridgehead atoms. The fraction of sp³-hybridized carbons (Fsp3) is 0.250. The quantitative estimate of drug-likeness (QED) is 0.711. The Morgan fingerprint density at radius 2 is 2.00 bits per heavy atom. The molecule has 0 aliphatic carbocycles. The number of halogens is 3. The smallest absolute Gasteiger partial charge is 0.244 e. The van der Waals surface area contributed by atoms with Crippen molar-refractivity contribution >= 4 is 10.2 Å². The molecule has 0 aromatic carbocycles. The lowest BCUT2D eigenvalue weighted by molar-refractivity contribution is -0.138. The van der Waals surface area contributed by atoms with Gasteiger partial charge in [0, 0.05) is 12.4 Å². The van der Waals surface area contributed by atoms with E-state index in [1.54, 1.807) is 0 Å². The summed E-state index contributed by atoms with van der Waals surface area (Å²) in [6.07, 6.45) is -2.30. The average Bonchev–Trinajstić information content (AvgIpc) is 2.29. The van der Waals surface area contributed by atoms with Crippen LogP contribution in [0, 0.1) is 0 Å². The molecular weight excluding hydrogens is 211 g/mol. The van der Waals surface area contributed by atoms with Crippen molar-refractivity contribution in [2.45, 2.75) is 6.30 Å². The average molecular weight is 215 g/mol. The zero-order chi connectivity index (χ0) is 10.1. The first-order chi connectivity index (χ1) is 5.81. The monoisotopic (exact) mass is 215 g/mol. The maximum absolute atomic E-state index is 11.6. The van der Waals surface area contributed by atoms with E-state index in [0.717, 1.165) is 18.7 Å². The van der Waals surface area contributed by atoms with Gasteiger partial charge in [-0.1, -0.05) is 0 Å². The summed E-state index contributed by atoms with van der Waals surface area (Å²) >= 11 is 0. The second-order valence-electron chi connectivity index (χ2n) is 2.00. The number of rotatable bonds is 2. The molecule has 0 amide bonds. The van der Waals surface area contributed by atoms with Gasteiger partial charge in [0.25, 0.3) is 0 Å². The van der Waals surface area contributed by atoms with Crippen LogP contribution in [-0.2, 0) is 10.2 Å². The summed E-state index contributed by atoms with van der Waals surface area (Å²) in [4.78, 5) is 3.29. The van der Waals surface area contributed by atoms with Crippen LogP contribution in [0.3, 0.4) is 0 Å². The van der Waals surface area contributed by atoms with Crippen LogP contribution >= 0.6 is 0 Å². The van der Waals surface area contributed by atoms with E-state index in [-0.39, 0.29) is 0 Å². The van der Waals surface area contributed by atoms with Gasteiger partial charge < -0.3 is 0 Å². The number of hydrogen-bond acceptors (Lipinski definition) is 3. The Hall–Kier alpha value is -1.09. The summed E-state index contributed by atoms with van der Waals surface area (Å²) < 4.78 is 57.3. The van der Waals surface area contributed by atoms with Gasteiger partial charge in [0.2, 0.25) is 0 Å². The molecule has 0 spiro atoms. The second kappa shape index (κ2) is 3.00. The summed E-state index contributed by atoms with van der Waals surface area (Å²) in [7, 11) is -4.60. The highest BCUT2D eigenvalue weighted by atomic mass is 32.2. The third-order valence-electron chi connectivity index (χ3n) is 1.00. The Kier molecular flexibility index (Phi) is 2.30. The number of imidazole rings is 1. The third-order valence-corrected chi connectivity index (χ3v) is 2.26. The predicted octanol–water partition coefficient (Wildman–Crippen LogP) is 0.0854. The third kappa shape index (κ3) is 2.70. The fourth-order valence-electron chi connectivity index (χ4n) is 0.588. The molecule has 1 rings (SSSR count). The molecule has 1 aromatic heterocycles. The SMILES string of the molecule is O=S(=O)(NC(F)(F)F)n1ccnc1. The lowest BCUT2D eigenvalue weighted by Crippen LogP contribution is -2.40. The molecule has 0 aliphatic rings. The summed E-state index contributed by atoms with van der Waals surface area (Å²) in [5.74, 6) is 0. The van der Waals surface area contributed by atoms with Gasteiger partial charge in [0.05, 0.1) is 0 Å². The van der Waals surface area contributed by atoms with Gasteiger partial charge in [-0.15, -0.1) is 4.72 Å². The zero-order valence-corrected chi connectivity index (χ0v) is 6.80. The van der Waals surface area contributed by atoms with Crippen LogP contribution in [0.15, 0.2) is 18.7 Å². The number of hydrogen-bond donors (Lipinski definition) is 1. The molecule has 13 heavy (non-hydrogen) atoms. The maximum Gasteiger partial charge on any atom is 0.472 e. The number of aromatic nitrogens is 2. The molecule has 1 aromatic rings. The molecule has 0 saturated carbocycles. The van der Waals surface area contributed by atoms with Crippen LogP contribution in [0.4, 0.5) is 13.2 Å². The summed E-state index contributed by atoms with van der Waals surface area (Å²) in [6.45, 7) is 0. The van der Waals surface area contributed by atoms with E-state index >= 15 is 0 Å². The van der Waals surface area contributed by atoms with Gasteiger partial charge in [-0.3, -0.25) is 0 Å². The van der Waals surface area contributed by atoms with Gasteiger partial charge in [-0.25, -0.2) is 8.96 Å². The predicted molar refractivity (Wildman–Crippen MR) is 35.7 cm³/mol. The van der Waals surface area contributed by atoms with Gasteiger partial charge in [0.1, 0.15) is 6.33 Å². The Balaban J connectivity index is 2.93. The largest absolute Gasteiger partial charge is 0.472 e. The molecule has 0 aliphatic heterocycles. The van der Waals surface area contributed by atoms with Gasteiger partial charge in [-0.2, -0.15) is 21.6 Å². The van der Waals surface area contributed by atoms with Crippen molar-refractivity contribution in [2.75, 3.05) is 0 Å². The minimum Gasteiger partial charge on any atom is -0.244 e. The molecule has 5 nitrogen and oxygen atoms in total. The van der Waals surface area contributed by atoms with Crippen LogP contribution in [-0.4, -0.2) is 23.7 Å². The van der Waals surface area contributed by atoms with Crippen LogP contribution < -0.4 is 4.72 Å². The highest BCUT2D eigenvalue weighted by molar-refractivity contribution is 7.88. The number of nitrogens with one attached hydrogen (secondary N) is 1. The Morgan fingerprint density at radius 3 is 2.38 bits per heavy atom. The van der Waals surface area contributed by atoms with Gasteiger partial charge in [0.15, 0.2) is 0 Å². The van der Waals surface area contributed by atoms with E-state index in [4.69, 9.17) is 0 Å². The normalized spacial score (nSPS) is 13.2. The fourth-order valence-corrected chi connectivity index (χ4v) is 1.38. The van der Waals surface area contributed by atoms with E-state index in [9.17, 15) is 21.6 Å². The van der Waals surface area contributed by atoms with Crippen molar-refractivity contribution in [3.63, 3.8) is 0 Å². The zero-order valence-electron chi connectivity index (χ0n) is 5.99. The van der Waals surface area contributed by atoms with E-state index in [2.05, 4.69) is 4.98 Å². The molecule has 74 valence electrons. The van der Waals surface area contributed by atoms with Gasteiger partial charge in [-0.05, 0) is 0 Å². The first-order valence-electron chi connectivity index (χ1n) is 2.90. The van der Waals surface area contributed by atoms with E-state index < -0.39 is 16.5 Å². The number of alkyl halides is 3. The Morgan fingerprint density at radius 1 is 1.38 bits per heavy atom. The first kappa shape index (κ1) is 9.99. The summed E-state index contributed by atoms with van der Waals surface area (Å²) in [6, 6.07) is 0. The van der Waals surface area contributed by atoms with Crippen molar-refractivity contribution in [1.29, 1.82) is 0 Å². The molecule has 1 N–H and O–H groups in total. The molecular formula is C4H4F3N3O2S. The highest BCUT2D eigenvalue weighted by Crippen LogP contribution is 2.11. The standard InChI is InChI=1S/C4H4F3N3O2S/c5-4(6,7)9-13(11,12)10-2-1-8-3-10/h1-3,9H. The van der Waals surface area contributed by atoms with Crippen LogP contribution in [0.5, 0.6) is 0 Å². The molecule has 9 heteroatoms. The van der Waals surface area contributed by atoms with Crippen molar-refractivity contribution in [1.82, 2.24) is 13.7 Å². The molecule has 0 saturated heterocycles. The van der Waals surface area contributed by atoms with E-state index in [1.165, 1.54) is 0 Å². The second-order valence-corrected chi connectivity index (χ2v) is 3.57. The molecule has 0 radical (unpaired) electrons. The van der Waals surface area contributed by atoms with E-state index in [1.807, 2.05) is 0 Å². The van der Waals surface area contributed by atoms with Crippen molar-refractivity contribution in [3.05, 3.63) is 18.7 Å². The first-order valence-corrected chi connectivity index (χ1v) is 4.34. The Labute approximate surface area is 71.4 Å². The number of nitrogens with zero attached hydrogens (tertiary/aromatic N) is 2. The van der Waals surface area contributed by atoms with Crippen LogP contribution in [0.25, 0.3) is 0 Å². The lowest BCUT2D eigenvalue weighted by Gasteiger charge is -2.08. The summed E-state index contributed by atoms with van der Waals surface area (Å²) in [5.41, 5.74) is 0. The van der Waals surface area contributed by atoms with Gasteiger partial charge >= 0.3 is 16.5 Å². The van der Waals surface area contributed by atoms with Crippen molar-refractivity contribution in [2.24, 2.45) is 0 Å². The molecule has 0 atom stereocenters. The minimum atomic E-state index is -4.98. The highest BCUT2D eigenvalue weighted by Gasteiger charge is 2.34. The molecule has 0 fully saturated rings. The maximum atomic E-state index is 11.6. The summed E-state index contributed by atoms with van der Waals surface area (Å²) in [5, 5.41) is 0. The van der Waals surface area contributed by atoms with Crippen LogP contribution in [0.1, 0.15) is 0 Å².